The van der Waals surface area contributed by atoms with Crippen molar-refractivity contribution in [1.82, 2.24) is 5.32 Å². The third-order valence-corrected chi connectivity index (χ3v) is 3.46. The molecule has 19 heavy (non-hydrogen) atoms. The summed E-state index contributed by atoms with van der Waals surface area (Å²) in [5.74, 6) is 0.954. The Morgan fingerprint density at radius 1 is 1.16 bits per heavy atom. The van der Waals surface area contributed by atoms with Crippen molar-refractivity contribution in [1.29, 1.82) is 0 Å². The lowest BCUT2D eigenvalue weighted by Crippen LogP contribution is -2.41. The van der Waals surface area contributed by atoms with E-state index < -0.39 is 0 Å². The summed E-state index contributed by atoms with van der Waals surface area (Å²) in [6.07, 6.45) is 4.02. The second kappa shape index (κ2) is 7.51. The zero-order valence-corrected chi connectivity index (χ0v) is 12.0. The van der Waals surface area contributed by atoms with Gasteiger partial charge in [0.05, 0.1) is 18.8 Å². The second-order valence-electron chi connectivity index (χ2n) is 5.39. The molecular formula is C16H25NO2. The van der Waals surface area contributed by atoms with Gasteiger partial charge in [-0.15, -0.1) is 0 Å². The van der Waals surface area contributed by atoms with E-state index in [1.54, 1.807) is 0 Å². The Bertz CT molecular complexity index is 345. The van der Waals surface area contributed by atoms with E-state index in [0.717, 1.165) is 38.2 Å². The largest absolute Gasteiger partial charge is 0.494 e. The Balaban J connectivity index is 1.57. The Labute approximate surface area is 116 Å². The summed E-state index contributed by atoms with van der Waals surface area (Å²) in [6, 6.07) is 10.6. The van der Waals surface area contributed by atoms with Gasteiger partial charge in [0.25, 0.3) is 0 Å². The molecule has 1 aliphatic rings. The average Bonchev–Trinajstić information content (AvgIpc) is 2.38. The van der Waals surface area contributed by atoms with Crippen LogP contribution in [0.1, 0.15) is 33.1 Å². The van der Waals surface area contributed by atoms with Crippen LogP contribution in [0.2, 0.25) is 0 Å². The van der Waals surface area contributed by atoms with Gasteiger partial charge in [0.1, 0.15) is 5.75 Å². The highest BCUT2D eigenvalue weighted by Crippen LogP contribution is 2.18. The van der Waals surface area contributed by atoms with Crippen molar-refractivity contribution in [3.8, 4) is 5.75 Å². The predicted octanol–water partition coefficient (Wildman–Crippen LogP) is 3.00. The van der Waals surface area contributed by atoms with Gasteiger partial charge in [-0.1, -0.05) is 18.2 Å². The molecule has 0 aromatic heterocycles. The Morgan fingerprint density at radius 3 is 2.53 bits per heavy atom. The van der Waals surface area contributed by atoms with Crippen LogP contribution in [0.4, 0.5) is 0 Å². The number of hydrogen-bond acceptors (Lipinski definition) is 3. The molecule has 1 saturated heterocycles. The normalized spacial score (nSPS) is 27.2. The van der Waals surface area contributed by atoms with Crippen LogP contribution in [0, 0.1) is 0 Å². The van der Waals surface area contributed by atoms with E-state index in [1.807, 2.05) is 30.3 Å². The molecule has 1 heterocycles. The van der Waals surface area contributed by atoms with Gasteiger partial charge < -0.3 is 14.8 Å². The highest BCUT2D eigenvalue weighted by atomic mass is 16.5. The standard InChI is InChI=1S/C16H25NO2/c1-13-11-15(12-14(2)19-13)17-9-6-10-18-16-7-4-3-5-8-16/h3-5,7-8,13-15,17H,6,9-12H2,1-2H3. The molecule has 1 aromatic carbocycles. The summed E-state index contributed by atoms with van der Waals surface area (Å²) in [5.41, 5.74) is 0. The van der Waals surface area contributed by atoms with Crippen LogP contribution in [0.3, 0.4) is 0 Å². The Kier molecular flexibility index (Phi) is 5.67. The van der Waals surface area contributed by atoms with Crippen molar-refractivity contribution < 1.29 is 9.47 Å². The molecule has 2 atom stereocenters. The first-order chi connectivity index (χ1) is 9.24. The maximum Gasteiger partial charge on any atom is 0.119 e. The molecule has 0 amide bonds. The Morgan fingerprint density at radius 2 is 1.84 bits per heavy atom. The molecule has 0 aliphatic carbocycles. The zero-order chi connectivity index (χ0) is 13.5. The molecule has 1 N–H and O–H groups in total. The van der Waals surface area contributed by atoms with Gasteiger partial charge in [0.2, 0.25) is 0 Å². The third kappa shape index (κ3) is 5.21. The minimum Gasteiger partial charge on any atom is -0.494 e. The number of ether oxygens (including phenoxy) is 2. The summed E-state index contributed by atoms with van der Waals surface area (Å²) in [7, 11) is 0. The molecule has 1 aliphatic heterocycles. The van der Waals surface area contributed by atoms with Gasteiger partial charge >= 0.3 is 0 Å². The first kappa shape index (κ1) is 14.4. The van der Waals surface area contributed by atoms with Crippen molar-refractivity contribution in [3.63, 3.8) is 0 Å². The molecule has 1 aromatic rings. The van der Waals surface area contributed by atoms with Crippen molar-refractivity contribution in [2.75, 3.05) is 13.2 Å². The lowest BCUT2D eigenvalue weighted by Gasteiger charge is -2.32. The van der Waals surface area contributed by atoms with Crippen molar-refractivity contribution >= 4 is 0 Å². The lowest BCUT2D eigenvalue weighted by molar-refractivity contribution is -0.0420. The molecule has 2 unspecified atom stereocenters. The summed E-state index contributed by atoms with van der Waals surface area (Å²) in [4.78, 5) is 0. The fourth-order valence-electron chi connectivity index (χ4n) is 2.66. The lowest BCUT2D eigenvalue weighted by atomic mass is 10.00. The molecule has 0 spiro atoms. The van der Waals surface area contributed by atoms with Gasteiger partial charge in [-0.2, -0.15) is 0 Å². The maximum atomic E-state index is 5.74. The smallest absolute Gasteiger partial charge is 0.119 e. The van der Waals surface area contributed by atoms with Crippen LogP contribution >= 0.6 is 0 Å². The van der Waals surface area contributed by atoms with E-state index in [0.29, 0.717) is 18.2 Å². The molecular weight excluding hydrogens is 238 g/mol. The second-order valence-corrected chi connectivity index (χ2v) is 5.39. The average molecular weight is 263 g/mol. The highest BCUT2D eigenvalue weighted by Gasteiger charge is 2.23. The number of nitrogens with one attached hydrogen (secondary N) is 1. The van der Waals surface area contributed by atoms with E-state index in [2.05, 4.69) is 19.2 Å². The van der Waals surface area contributed by atoms with E-state index in [-0.39, 0.29) is 0 Å². The van der Waals surface area contributed by atoms with Crippen molar-refractivity contribution in [2.24, 2.45) is 0 Å². The first-order valence-corrected chi connectivity index (χ1v) is 7.30. The van der Waals surface area contributed by atoms with Crippen LogP contribution in [-0.2, 0) is 4.74 Å². The molecule has 3 heteroatoms. The van der Waals surface area contributed by atoms with E-state index in [1.165, 1.54) is 0 Å². The van der Waals surface area contributed by atoms with Gasteiger partial charge in [0.15, 0.2) is 0 Å². The van der Waals surface area contributed by atoms with Gasteiger partial charge in [-0.3, -0.25) is 0 Å². The highest BCUT2D eigenvalue weighted by molar-refractivity contribution is 5.20. The molecule has 0 saturated carbocycles. The van der Waals surface area contributed by atoms with Crippen LogP contribution < -0.4 is 10.1 Å². The van der Waals surface area contributed by atoms with Crippen molar-refractivity contribution in [3.05, 3.63) is 30.3 Å². The number of hydrogen-bond donors (Lipinski definition) is 1. The molecule has 0 radical (unpaired) electrons. The quantitative estimate of drug-likeness (QED) is 0.800. The van der Waals surface area contributed by atoms with Crippen LogP contribution in [0.5, 0.6) is 5.75 Å². The molecule has 106 valence electrons. The predicted molar refractivity (Wildman–Crippen MR) is 77.6 cm³/mol. The number of benzene rings is 1. The first-order valence-electron chi connectivity index (χ1n) is 7.30. The van der Waals surface area contributed by atoms with Crippen LogP contribution in [0.15, 0.2) is 30.3 Å². The van der Waals surface area contributed by atoms with Crippen molar-refractivity contribution in [2.45, 2.75) is 51.4 Å². The van der Waals surface area contributed by atoms with Gasteiger partial charge in [-0.05, 0) is 51.8 Å². The summed E-state index contributed by atoms with van der Waals surface area (Å²) < 4.78 is 11.4. The van der Waals surface area contributed by atoms with Gasteiger partial charge in [-0.25, -0.2) is 0 Å². The van der Waals surface area contributed by atoms with Gasteiger partial charge in [0, 0.05) is 6.04 Å². The number of rotatable bonds is 6. The number of para-hydroxylation sites is 1. The van der Waals surface area contributed by atoms with E-state index in [9.17, 15) is 0 Å². The minimum absolute atomic E-state index is 0.377. The minimum atomic E-state index is 0.377. The van der Waals surface area contributed by atoms with Crippen LogP contribution in [0.25, 0.3) is 0 Å². The third-order valence-electron chi connectivity index (χ3n) is 3.46. The summed E-state index contributed by atoms with van der Waals surface area (Å²) in [6.45, 7) is 6.09. The topological polar surface area (TPSA) is 30.5 Å². The van der Waals surface area contributed by atoms with E-state index in [4.69, 9.17) is 9.47 Å². The SMILES string of the molecule is CC1CC(NCCCOc2ccccc2)CC(C)O1. The van der Waals surface area contributed by atoms with Crippen LogP contribution in [-0.4, -0.2) is 31.4 Å². The fourth-order valence-corrected chi connectivity index (χ4v) is 2.66. The molecule has 1 fully saturated rings. The molecule has 0 bridgehead atoms. The summed E-state index contributed by atoms with van der Waals surface area (Å²) >= 11 is 0. The Hall–Kier alpha value is -1.06. The molecule has 3 nitrogen and oxygen atoms in total. The zero-order valence-electron chi connectivity index (χ0n) is 12.0. The monoisotopic (exact) mass is 263 g/mol. The maximum absolute atomic E-state index is 5.74. The summed E-state index contributed by atoms with van der Waals surface area (Å²) in [5, 5.41) is 3.61. The molecule has 2 rings (SSSR count). The fraction of sp³-hybridized carbons (Fsp3) is 0.625. The van der Waals surface area contributed by atoms with E-state index >= 15 is 0 Å².